The molecular formula is C17H16ClN3O. The van der Waals surface area contributed by atoms with Crippen LogP contribution in [-0.4, -0.2) is 24.2 Å². The van der Waals surface area contributed by atoms with Gasteiger partial charge in [0.15, 0.2) is 0 Å². The van der Waals surface area contributed by atoms with Crippen LogP contribution < -0.4 is 9.64 Å². The van der Waals surface area contributed by atoms with Crippen LogP contribution in [0.2, 0.25) is 5.02 Å². The van der Waals surface area contributed by atoms with Gasteiger partial charge in [-0.25, -0.2) is 9.83 Å². The fourth-order valence-electron chi connectivity index (χ4n) is 2.59. The molecule has 0 N–H and O–H groups in total. The third kappa shape index (κ3) is 3.15. The molecule has 0 bridgehead atoms. The van der Waals surface area contributed by atoms with Gasteiger partial charge in [-0.1, -0.05) is 17.7 Å². The van der Waals surface area contributed by atoms with Crippen LogP contribution in [0.5, 0.6) is 5.88 Å². The van der Waals surface area contributed by atoms with Crippen LogP contribution in [0.25, 0.3) is 4.85 Å². The normalized spacial score (nSPS) is 17.3. The minimum absolute atomic E-state index is 0.0875. The van der Waals surface area contributed by atoms with Crippen LogP contribution >= 0.6 is 11.6 Å². The van der Waals surface area contributed by atoms with Crippen LogP contribution in [0.15, 0.2) is 36.5 Å². The number of hydrogen-bond donors (Lipinski definition) is 0. The summed E-state index contributed by atoms with van der Waals surface area (Å²) < 4.78 is 5.92. The van der Waals surface area contributed by atoms with Crippen molar-refractivity contribution < 1.29 is 4.74 Å². The third-order valence-corrected chi connectivity index (χ3v) is 3.95. The number of hydrogen-bond acceptors (Lipinski definition) is 3. The van der Waals surface area contributed by atoms with E-state index in [1.165, 1.54) is 0 Å². The Kier molecular flexibility index (Phi) is 4.17. The number of benzene rings is 1. The highest BCUT2D eigenvalue weighted by atomic mass is 35.5. The maximum Gasteiger partial charge on any atom is 0.213 e. The highest BCUT2D eigenvalue weighted by Crippen LogP contribution is 2.34. The predicted octanol–water partition coefficient (Wildman–Crippen LogP) is 4.25. The van der Waals surface area contributed by atoms with Gasteiger partial charge < -0.3 is 9.64 Å². The topological polar surface area (TPSA) is 29.7 Å². The lowest BCUT2D eigenvalue weighted by Crippen LogP contribution is -2.24. The lowest BCUT2D eigenvalue weighted by molar-refractivity contribution is 0.216. The van der Waals surface area contributed by atoms with Gasteiger partial charge in [0.25, 0.3) is 0 Å². The largest absolute Gasteiger partial charge is 0.472 e. The summed E-state index contributed by atoms with van der Waals surface area (Å²) in [5.74, 6) is 0.652. The quantitative estimate of drug-likeness (QED) is 0.793. The minimum atomic E-state index is 0.0875. The fourth-order valence-corrected chi connectivity index (χ4v) is 2.76. The number of anilines is 1. The first-order valence-electron chi connectivity index (χ1n) is 7.17. The highest BCUT2D eigenvalue weighted by Gasteiger charge is 2.26. The second kappa shape index (κ2) is 6.25. The molecule has 2 heterocycles. The molecule has 4 nitrogen and oxygen atoms in total. The van der Waals surface area contributed by atoms with Crippen LogP contribution in [-0.2, 0) is 0 Å². The van der Waals surface area contributed by atoms with Gasteiger partial charge in [-0.05, 0) is 30.7 Å². The predicted molar refractivity (Wildman–Crippen MR) is 87.9 cm³/mol. The molecule has 0 unspecified atom stereocenters. The third-order valence-electron chi connectivity index (χ3n) is 3.72. The zero-order valence-corrected chi connectivity index (χ0v) is 13.0. The van der Waals surface area contributed by atoms with E-state index in [4.69, 9.17) is 22.9 Å². The van der Waals surface area contributed by atoms with Crippen molar-refractivity contribution in [3.8, 4) is 5.88 Å². The Balaban J connectivity index is 1.70. The second-order valence-electron chi connectivity index (χ2n) is 5.39. The Morgan fingerprint density at radius 2 is 2.23 bits per heavy atom. The fraction of sp³-hybridized carbons (Fsp3) is 0.294. The van der Waals surface area contributed by atoms with Crippen molar-refractivity contribution in [2.24, 2.45) is 0 Å². The van der Waals surface area contributed by atoms with Crippen molar-refractivity contribution in [2.45, 2.75) is 19.4 Å². The van der Waals surface area contributed by atoms with E-state index < -0.39 is 0 Å². The molecule has 1 atom stereocenters. The molecule has 1 aromatic carbocycles. The van der Waals surface area contributed by atoms with Crippen molar-refractivity contribution in [3.63, 3.8) is 0 Å². The van der Waals surface area contributed by atoms with Gasteiger partial charge in [0.05, 0.1) is 13.1 Å². The number of aromatic nitrogens is 1. The first-order valence-corrected chi connectivity index (χ1v) is 7.55. The molecule has 5 heteroatoms. The molecule has 0 spiro atoms. The summed E-state index contributed by atoms with van der Waals surface area (Å²) in [6, 6.07) is 9.32. The SMILES string of the molecule is [C-]#[N+]c1cc(Cl)ccc1N1CC[C@H](Oc2ccc(C)cn2)C1. The molecule has 1 aromatic heterocycles. The lowest BCUT2D eigenvalue weighted by atomic mass is 10.2. The molecule has 1 saturated heterocycles. The van der Waals surface area contributed by atoms with Crippen molar-refractivity contribution in [1.29, 1.82) is 0 Å². The number of pyridine rings is 1. The molecule has 0 aliphatic carbocycles. The molecule has 1 aliphatic rings. The van der Waals surface area contributed by atoms with Gasteiger partial charge in [0.1, 0.15) is 6.10 Å². The van der Waals surface area contributed by atoms with Crippen LogP contribution in [0.4, 0.5) is 11.4 Å². The zero-order chi connectivity index (χ0) is 15.5. The smallest absolute Gasteiger partial charge is 0.213 e. The number of ether oxygens (including phenoxy) is 1. The Morgan fingerprint density at radius 1 is 1.36 bits per heavy atom. The molecule has 22 heavy (non-hydrogen) atoms. The van der Waals surface area contributed by atoms with Crippen LogP contribution in [0, 0.1) is 13.5 Å². The van der Waals surface area contributed by atoms with Gasteiger partial charge in [-0.2, -0.15) is 0 Å². The molecule has 0 amide bonds. The van der Waals surface area contributed by atoms with Gasteiger partial charge in [-0.15, -0.1) is 0 Å². The Hall–Kier alpha value is -2.25. The molecule has 2 aromatic rings. The van der Waals surface area contributed by atoms with E-state index >= 15 is 0 Å². The summed E-state index contributed by atoms with van der Waals surface area (Å²) in [5, 5.41) is 0.589. The second-order valence-corrected chi connectivity index (χ2v) is 5.83. The molecule has 0 radical (unpaired) electrons. The number of rotatable bonds is 3. The summed E-state index contributed by atoms with van der Waals surface area (Å²) in [6.07, 6.45) is 2.80. The van der Waals surface area contributed by atoms with Crippen LogP contribution in [0.3, 0.4) is 0 Å². The Bertz CT molecular complexity index is 709. The van der Waals surface area contributed by atoms with E-state index in [1.807, 2.05) is 31.2 Å². The summed E-state index contributed by atoms with van der Waals surface area (Å²) in [4.78, 5) is 10.0. The maximum atomic E-state index is 7.29. The van der Waals surface area contributed by atoms with Crippen molar-refractivity contribution in [3.05, 3.63) is 58.5 Å². The molecule has 1 aliphatic heterocycles. The van der Waals surface area contributed by atoms with E-state index in [9.17, 15) is 0 Å². The summed E-state index contributed by atoms with van der Waals surface area (Å²) in [5.41, 5.74) is 2.62. The summed E-state index contributed by atoms with van der Waals surface area (Å²) in [7, 11) is 0. The molecule has 0 saturated carbocycles. The van der Waals surface area contributed by atoms with E-state index in [0.717, 1.165) is 30.8 Å². The minimum Gasteiger partial charge on any atom is -0.472 e. The number of aryl methyl sites for hydroxylation is 1. The summed E-state index contributed by atoms with van der Waals surface area (Å²) in [6.45, 7) is 10.9. The van der Waals surface area contributed by atoms with E-state index in [1.54, 1.807) is 12.3 Å². The number of nitrogens with zero attached hydrogens (tertiary/aromatic N) is 3. The van der Waals surface area contributed by atoms with E-state index in [2.05, 4.69) is 14.7 Å². The number of halogens is 1. The Morgan fingerprint density at radius 3 is 2.95 bits per heavy atom. The van der Waals surface area contributed by atoms with E-state index in [-0.39, 0.29) is 6.10 Å². The molecule has 112 valence electrons. The molecular weight excluding hydrogens is 298 g/mol. The van der Waals surface area contributed by atoms with Crippen molar-refractivity contribution in [1.82, 2.24) is 4.98 Å². The monoisotopic (exact) mass is 313 g/mol. The first-order chi connectivity index (χ1) is 10.7. The van der Waals surface area contributed by atoms with Crippen molar-refractivity contribution in [2.75, 3.05) is 18.0 Å². The van der Waals surface area contributed by atoms with Gasteiger partial charge in [0.2, 0.25) is 11.6 Å². The van der Waals surface area contributed by atoms with Gasteiger partial charge >= 0.3 is 0 Å². The summed E-state index contributed by atoms with van der Waals surface area (Å²) >= 11 is 5.96. The van der Waals surface area contributed by atoms with Crippen LogP contribution in [0.1, 0.15) is 12.0 Å². The average Bonchev–Trinajstić information content (AvgIpc) is 2.97. The van der Waals surface area contributed by atoms with Gasteiger partial charge in [0, 0.05) is 35.9 Å². The Labute approximate surface area is 135 Å². The van der Waals surface area contributed by atoms with E-state index in [0.29, 0.717) is 16.6 Å². The molecule has 3 rings (SSSR count). The first kappa shape index (κ1) is 14.7. The standard InChI is InChI=1S/C17H16ClN3O/c1-12-3-6-17(20-10-12)22-14-7-8-21(11-14)16-5-4-13(18)9-15(16)19-2/h3-6,9-10,14H,7-8,11H2,1H3/t14-/m0/s1. The highest BCUT2D eigenvalue weighted by molar-refractivity contribution is 6.31. The van der Waals surface area contributed by atoms with Gasteiger partial charge in [-0.3, -0.25) is 0 Å². The zero-order valence-electron chi connectivity index (χ0n) is 12.3. The maximum absolute atomic E-state index is 7.29. The molecule has 1 fully saturated rings. The average molecular weight is 314 g/mol. The lowest BCUT2D eigenvalue weighted by Gasteiger charge is -2.20. The van der Waals surface area contributed by atoms with Crippen molar-refractivity contribution >= 4 is 23.0 Å².